The predicted molar refractivity (Wildman–Crippen MR) is 245 cm³/mol. The molecule has 0 radical (unpaired) electrons. The average molecular weight is 740 g/mol. The van der Waals surface area contributed by atoms with Crippen molar-refractivity contribution in [1.82, 2.24) is 0 Å². The molecule has 0 bridgehead atoms. The first-order chi connectivity index (χ1) is 28.7. The van der Waals surface area contributed by atoms with E-state index in [1.807, 2.05) is 12.1 Å². The van der Waals surface area contributed by atoms with Crippen LogP contribution >= 0.6 is 0 Å². The van der Waals surface area contributed by atoms with Gasteiger partial charge in [-0.25, -0.2) is 0 Å². The second-order valence-corrected chi connectivity index (χ2v) is 14.9. The molecule has 2 heteroatoms. The molecule has 0 saturated carbocycles. The molecule has 272 valence electrons. The predicted octanol–water partition coefficient (Wildman–Crippen LogP) is 16.0. The molecule has 10 aromatic carbocycles. The number of nitrogens with zero attached hydrogens (tertiary/aromatic N) is 1. The van der Waals surface area contributed by atoms with Crippen LogP contribution in [0.3, 0.4) is 0 Å². The van der Waals surface area contributed by atoms with Gasteiger partial charge in [-0.05, 0) is 109 Å². The first-order valence-electron chi connectivity index (χ1n) is 19.8. The summed E-state index contributed by atoms with van der Waals surface area (Å²) >= 11 is 0. The lowest BCUT2D eigenvalue weighted by molar-refractivity contribution is 0.669. The minimum absolute atomic E-state index is 0.893. The molecule has 1 heterocycles. The van der Waals surface area contributed by atoms with Crippen molar-refractivity contribution in [1.29, 1.82) is 0 Å². The Bertz CT molecular complexity index is 3250. The summed E-state index contributed by atoms with van der Waals surface area (Å²) in [6.07, 6.45) is 0. The lowest BCUT2D eigenvalue weighted by atomic mass is 9.96. The summed E-state index contributed by atoms with van der Waals surface area (Å²) in [7, 11) is 0. The highest BCUT2D eigenvalue weighted by Crippen LogP contribution is 2.43. The average Bonchev–Trinajstić information content (AvgIpc) is 3.68. The van der Waals surface area contributed by atoms with E-state index in [4.69, 9.17) is 4.42 Å². The van der Waals surface area contributed by atoms with Crippen molar-refractivity contribution in [3.05, 3.63) is 224 Å². The summed E-state index contributed by atoms with van der Waals surface area (Å²) in [6, 6.07) is 80.7. The van der Waals surface area contributed by atoms with Crippen LogP contribution in [0.15, 0.2) is 229 Å². The molecule has 0 aliphatic heterocycles. The number of fused-ring (bicyclic) bond motifs is 5. The molecule has 0 saturated heterocycles. The molecule has 0 N–H and O–H groups in total. The molecular weight excluding hydrogens is 703 g/mol. The molecule has 58 heavy (non-hydrogen) atoms. The Balaban J connectivity index is 1.00. The summed E-state index contributed by atoms with van der Waals surface area (Å²) in [6.45, 7) is 0. The van der Waals surface area contributed by atoms with E-state index in [2.05, 4.69) is 217 Å². The van der Waals surface area contributed by atoms with Crippen LogP contribution in [-0.2, 0) is 0 Å². The molecule has 0 aliphatic rings. The summed E-state index contributed by atoms with van der Waals surface area (Å²) in [4.78, 5) is 2.38. The van der Waals surface area contributed by atoms with Crippen LogP contribution in [0.1, 0.15) is 0 Å². The lowest BCUT2D eigenvalue weighted by Gasteiger charge is -2.28. The standard InChI is InChI=1S/C56H37NO/c1-3-15-47-40(11-1)13-9-19-49(47)42-25-23-38(24-26-42)39-27-32-45(33-28-39)57(46-34-29-43(30-35-46)50-20-10-14-41-12-2-4-16-48(41)50)54-21-7-5-17-51(54)44-31-36-56-53(37-44)52-18-6-8-22-55(52)58-56/h1-37H. The number of anilines is 3. The molecule has 0 atom stereocenters. The molecule has 0 fully saturated rings. The fourth-order valence-corrected chi connectivity index (χ4v) is 8.62. The molecule has 0 amide bonds. The van der Waals surface area contributed by atoms with Crippen molar-refractivity contribution in [2.24, 2.45) is 0 Å². The SMILES string of the molecule is c1ccc(N(c2ccc(-c3ccc(-c4cccc5ccccc45)cc3)cc2)c2ccc(-c3cccc4ccccc34)cc2)c(-c2ccc3oc4ccccc4c3c2)c1. The fraction of sp³-hybridized carbons (Fsp3) is 0. The lowest BCUT2D eigenvalue weighted by Crippen LogP contribution is -2.11. The Hall–Kier alpha value is -7.68. The minimum Gasteiger partial charge on any atom is -0.456 e. The third-order valence-electron chi connectivity index (χ3n) is 11.5. The van der Waals surface area contributed by atoms with Crippen molar-refractivity contribution < 1.29 is 4.42 Å². The van der Waals surface area contributed by atoms with Crippen LogP contribution in [0.25, 0.3) is 88.0 Å². The van der Waals surface area contributed by atoms with Crippen molar-refractivity contribution >= 4 is 60.5 Å². The molecule has 0 aliphatic carbocycles. The molecular formula is C56H37NO. The van der Waals surface area contributed by atoms with Gasteiger partial charge in [0.15, 0.2) is 0 Å². The first kappa shape index (κ1) is 33.6. The van der Waals surface area contributed by atoms with Gasteiger partial charge in [0.05, 0.1) is 5.69 Å². The van der Waals surface area contributed by atoms with Gasteiger partial charge in [0.2, 0.25) is 0 Å². The zero-order valence-corrected chi connectivity index (χ0v) is 31.7. The smallest absolute Gasteiger partial charge is 0.135 e. The number of hydrogen-bond acceptors (Lipinski definition) is 2. The number of hydrogen-bond donors (Lipinski definition) is 0. The third-order valence-corrected chi connectivity index (χ3v) is 11.5. The van der Waals surface area contributed by atoms with E-state index in [1.54, 1.807) is 0 Å². The van der Waals surface area contributed by atoms with Gasteiger partial charge in [-0.2, -0.15) is 0 Å². The fourth-order valence-electron chi connectivity index (χ4n) is 8.62. The Morgan fingerprint density at radius 3 is 1.34 bits per heavy atom. The van der Waals surface area contributed by atoms with Gasteiger partial charge >= 0.3 is 0 Å². The van der Waals surface area contributed by atoms with Crippen LogP contribution in [0, 0.1) is 0 Å². The molecule has 0 unspecified atom stereocenters. The first-order valence-corrected chi connectivity index (χ1v) is 19.8. The highest BCUT2D eigenvalue weighted by molar-refractivity contribution is 6.07. The Morgan fingerprint density at radius 2 is 0.707 bits per heavy atom. The summed E-state index contributed by atoms with van der Waals surface area (Å²) in [5.41, 5.74) is 14.6. The van der Waals surface area contributed by atoms with Crippen molar-refractivity contribution in [2.45, 2.75) is 0 Å². The van der Waals surface area contributed by atoms with Gasteiger partial charge in [0, 0.05) is 27.7 Å². The number of benzene rings is 10. The Morgan fingerprint density at radius 1 is 0.276 bits per heavy atom. The second-order valence-electron chi connectivity index (χ2n) is 14.9. The molecule has 2 nitrogen and oxygen atoms in total. The highest BCUT2D eigenvalue weighted by atomic mass is 16.3. The highest BCUT2D eigenvalue weighted by Gasteiger charge is 2.19. The second kappa shape index (κ2) is 14.1. The molecule has 11 rings (SSSR count). The summed E-state index contributed by atoms with van der Waals surface area (Å²) < 4.78 is 6.22. The number of furan rings is 1. The van der Waals surface area contributed by atoms with E-state index in [9.17, 15) is 0 Å². The van der Waals surface area contributed by atoms with Crippen LogP contribution in [-0.4, -0.2) is 0 Å². The van der Waals surface area contributed by atoms with Gasteiger partial charge in [-0.3, -0.25) is 0 Å². The van der Waals surface area contributed by atoms with E-state index in [-0.39, 0.29) is 0 Å². The Kier molecular flexibility index (Phi) is 8.19. The van der Waals surface area contributed by atoms with Crippen LogP contribution in [0.5, 0.6) is 0 Å². The number of para-hydroxylation sites is 2. The minimum atomic E-state index is 0.893. The van der Waals surface area contributed by atoms with Gasteiger partial charge < -0.3 is 9.32 Å². The zero-order chi connectivity index (χ0) is 38.4. The molecule has 11 aromatic rings. The van der Waals surface area contributed by atoms with Gasteiger partial charge in [-0.15, -0.1) is 0 Å². The van der Waals surface area contributed by atoms with E-state index >= 15 is 0 Å². The van der Waals surface area contributed by atoms with Gasteiger partial charge in [-0.1, -0.05) is 176 Å². The largest absolute Gasteiger partial charge is 0.456 e. The molecule has 0 spiro atoms. The maximum atomic E-state index is 6.22. The quantitative estimate of drug-likeness (QED) is 0.162. The van der Waals surface area contributed by atoms with Crippen molar-refractivity contribution in [3.63, 3.8) is 0 Å². The monoisotopic (exact) mass is 739 g/mol. The van der Waals surface area contributed by atoms with E-state index < -0.39 is 0 Å². The van der Waals surface area contributed by atoms with E-state index in [1.165, 1.54) is 54.9 Å². The Labute approximate surface area is 337 Å². The summed E-state index contributed by atoms with van der Waals surface area (Å²) in [5.74, 6) is 0. The number of rotatable bonds is 7. The van der Waals surface area contributed by atoms with E-state index in [0.29, 0.717) is 0 Å². The van der Waals surface area contributed by atoms with E-state index in [0.717, 1.165) is 50.1 Å². The van der Waals surface area contributed by atoms with Crippen molar-refractivity contribution in [3.8, 4) is 44.5 Å². The van der Waals surface area contributed by atoms with Gasteiger partial charge in [0.25, 0.3) is 0 Å². The topological polar surface area (TPSA) is 16.4 Å². The summed E-state index contributed by atoms with van der Waals surface area (Å²) in [5, 5.41) is 7.26. The zero-order valence-electron chi connectivity index (χ0n) is 31.7. The normalized spacial score (nSPS) is 11.4. The van der Waals surface area contributed by atoms with Crippen LogP contribution in [0.4, 0.5) is 17.1 Å². The third kappa shape index (κ3) is 5.91. The maximum Gasteiger partial charge on any atom is 0.135 e. The van der Waals surface area contributed by atoms with Gasteiger partial charge in [0.1, 0.15) is 11.2 Å². The van der Waals surface area contributed by atoms with Crippen LogP contribution in [0.2, 0.25) is 0 Å². The van der Waals surface area contributed by atoms with Crippen LogP contribution < -0.4 is 4.90 Å². The maximum absolute atomic E-state index is 6.22. The molecule has 1 aromatic heterocycles. The van der Waals surface area contributed by atoms with Crippen molar-refractivity contribution in [2.75, 3.05) is 4.90 Å².